The maximum Gasteiger partial charge on any atom is 0.307 e. The van der Waals surface area contributed by atoms with Crippen molar-refractivity contribution >= 4 is 17.6 Å². The lowest BCUT2D eigenvalue weighted by molar-refractivity contribution is -0.136. The highest BCUT2D eigenvalue weighted by Gasteiger charge is 2.18. The third-order valence-electron chi connectivity index (χ3n) is 3.70. The Bertz CT molecular complexity index is 895. The SMILES string of the molecule is Cc1cc(C(=O)Nc2ccc(CC(=O)O)cc2)c(-c2ccccc2)o1. The zero-order valence-corrected chi connectivity index (χ0v) is 13.7. The number of carbonyl (C=O) groups is 2. The molecule has 2 N–H and O–H groups in total. The summed E-state index contributed by atoms with van der Waals surface area (Å²) < 4.78 is 5.70. The van der Waals surface area contributed by atoms with Gasteiger partial charge in [-0.05, 0) is 30.7 Å². The second-order valence-electron chi connectivity index (χ2n) is 5.69. The predicted molar refractivity (Wildman–Crippen MR) is 94.6 cm³/mol. The van der Waals surface area contributed by atoms with Crippen molar-refractivity contribution in [2.45, 2.75) is 13.3 Å². The minimum absolute atomic E-state index is 0.0483. The molecule has 25 heavy (non-hydrogen) atoms. The van der Waals surface area contributed by atoms with Gasteiger partial charge in [-0.1, -0.05) is 42.5 Å². The second kappa shape index (κ2) is 7.05. The zero-order valence-electron chi connectivity index (χ0n) is 13.7. The Balaban J connectivity index is 1.81. The van der Waals surface area contributed by atoms with Gasteiger partial charge in [-0.25, -0.2) is 0 Å². The van der Waals surface area contributed by atoms with Gasteiger partial charge in [0.05, 0.1) is 12.0 Å². The van der Waals surface area contributed by atoms with Gasteiger partial charge in [0, 0.05) is 11.3 Å². The number of aryl methyl sites for hydroxylation is 1. The Morgan fingerprint density at radius 2 is 1.72 bits per heavy atom. The Morgan fingerprint density at radius 3 is 2.36 bits per heavy atom. The van der Waals surface area contributed by atoms with Crippen LogP contribution < -0.4 is 5.32 Å². The molecule has 0 radical (unpaired) electrons. The number of aliphatic carboxylic acids is 1. The first-order valence-electron chi connectivity index (χ1n) is 7.81. The molecule has 0 aliphatic carbocycles. The van der Waals surface area contributed by atoms with Crippen LogP contribution in [0.15, 0.2) is 65.1 Å². The lowest BCUT2D eigenvalue weighted by Gasteiger charge is -2.06. The molecule has 0 bridgehead atoms. The van der Waals surface area contributed by atoms with E-state index in [4.69, 9.17) is 9.52 Å². The molecule has 0 saturated heterocycles. The molecule has 3 rings (SSSR count). The Labute approximate surface area is 144 Å². The molecule has 0 aliphatic heterocycles. The molecular formula is C20H17NO4. The number of carboxylic acid groups (broad SMARTS) is 1. The molecule has 0 spiro atoms. The van der Waals surface area contributed by atoms with Crippen LogP contribution in [0, 0.1) is 6.92 Å². The Kier molecular flexibility index (Phi) is 4.66. The molecular weight excluding hydrogens is 318 g/mol. The number of furan rings is 1. The van der Waals surface area contributed by atoms with Crippen molar-refractivity contribution < 1.29 is 19.1 Å². The molecule has 1 amide bonds. The molecule has 0 aliphatic rings. The number of amides is 1. The molecule has 2 aromatic carbocycles. The van der Waals surface area contributed by atoms with E-state index in [-0.39, 0.29) is 12.3 Å². The smallest absolute Gasteiger partial charge is 0.307 e. The monoisotopic (exact) mass is 335 g/mol. The summed E-state index contributed by atoms with van der Waals surface area (Å²) in [5, 5.41) is 11.6. The maximum absolute atomic E-state index is 12.6. The van der Waals surface area contributed by atoms with Crippen molar-refractivity contribution in [1.82, 2.24) is 0 Å². The average molecular weight is 335 g/mol. The summed E-state index contributed by atoms with van der Waals surface area (Å²) in [5.41, 5.74) is 2.56. The zero-order chi connectivity index (χ0) is 17.8. The molecule has 5 heteroatoms. The molecule has 0 atom stereocenters. The van der Waals surface area contributed by atoms with Crippen molar-refractivity contribution in [2.75, 3.05) is 5.32 Å². The normalized spacial score (nSPS) is 10.4. The maximum atomic E-state index is 12.6. The van der Waals surface area contributed by atoms with Crippen LogP contribution in [0.25, 0.3) is 11.3 Å². The van der Waals surface area contributed by atoms with Crippen LogP contribution in [0.1, 0.15) is 21.7 Å². The summed E-state index contributed by atoms with van der Waals surface area (Å²) in [4.78, 5) is 23.3. The Morgan fingerprint density at radius 1 is 1.04 bits per heavy atom. The van der Waals surface area contributed by atoms with Crippen LogP contribution in [-0.2, 0) is 11.2 Å². The standard InChI is InChI=1S/C20H17NO4/c1-13-11-17(19(25-13)15-5-3-2-4-6-15)20(24)21-16-9-7-14(8-10-16)12-18(22)23/h2-11H,12H2,1H3,(H,21,24)(H,22,23). The minimum atomic E-state index is -0.891. The topological polar surface area (TPSA) is 79.5 Å². The van der Waals surface area contributed by atoms with Gasteiger partial charge < -0.3 is 14.8 Å². The van der Waals surface area contributed by atoms with E-state index in [0.717, 1.165) is 5.56 Å². The first kappa shape index (κ1) is 16.5. The molecule has 126 valence electrons. The van der Waals surface area contributed by atoms with Gasteiger partial charge in [-0.3, -0.25) is 9.59 Å². The van der Waals surface area contributed by atoms with Gasteiger partial charge >= 0.3 is 5.97 Å². The minimum Gasteiger partial charge on any atom is -0.481 e. The predicted octanol–water partition coefficient (Wildman–Crippen LogP) is 4.13. The van der Waals surface area contributed by atoms with Crippen LogP contribution >= 0.6 is 0 Å². The van der Waals surface area contributed by atoms with Crippen molar-refractivity contribution in [3.63, 3.8) is 0 Å². The van der Waals surface area contributed by atoms with E-state index >= 15 is 0 Å². The van der Waals surface area contributed by atoms with E-state index in [2.05, 4.69) is 5.32 Å². The van der Waals surface area contributed by atoms with Crippen LogP contribution in [-0.4, -0.2) is 17.0 Å². The van der Waals surface area contributed by atoms with Crippen LogP contribution in [0.5, 0.6) is 0 Å². The fraction of sp³-hybridized carbons (Fsp3) is 0.100. The molecule has 0 saturated carbocycles. The van der Waals surface area contributed by atoms with E-state index in [0.29, 0.717) is 28.3 Å². The van der Waals surface area contributed by atoms with E-state index in [1.54, 1.807) is 37.3 Å². The summed E-state index contributed by atoms with van der Waals surface area (Å²) in [6, 6.07) is 17.9. The van der Waals surface area contributed by atoms with Gasteiger partial charge in [-0.2, -0.15) is 0 Å². The number of hydrogen-bond acceptors (Lipinski definition) is 3. The summed E-state index contributed by atoms with van der Waals surface area (Å²) in [6.07, 6.45) is -0.0483. The van der Waals surface area contributed by atoms with Gasteiger partial charge in [0.25, 0.3) is 5.91 Å². The fourth-order valence-electron chi connectivity index (χ4n) is 2.57. The van der Waals surface area contributed by atoms with Crippen molar-refractivity contribution in [2.24, 2.45) is 0 Å². The summed E-state index contributed by atoms with van der Waals surface area (Å²) in [6.45, 7) is 1.80. The lowest BCUT2D eigenvalue weighted by atomic mass is 10.1. The van der Waals surface area contributed by atoms with Crippen molar-refractivity contribution in [1.29, 1.82) is 0 Å². The van der Waals surface area contributed by atoms with Crippen molar-refractivity contribution in [3.05, 3.63) is 77.6 Å². The van der Waals surface area contributed by atoms with Gasteiger partial charge in [0.2, 0.25) is 0 Å². The number of nitrogens with one attached hydrogen (secondary N) is 1. The number of carbonyl (C=O) groups excluding carboxylic acids is 1. The molecule has 0 fully saturated rings. The number of carboxylic acids is 1. The average Bonchev–Trinajstić information content (AvgIpc) is 2.99. The van der Waals surface area contributed by atoms with Crippen LogP contribution in [0.3, 0.4) is 0 Å². The van der Waals surface area contributed by atoms with E-state index in [1.165, 1.54) is 0 Å². The second-order valence-corrected chi connectivity index (χ2v) is 5.69. The number of rotatable bonds is 5. The molecule has 0 unspecified atom stereocenters. The van der Waals surface area contributed by atoms with E-state index in [9.17, 15) is 9.59 Å². The largest absolute Gasteiger partial charge is 0.481 e. The third-order valence-corrected chi connectivity index (χ3v) is 3.70. The first-order valence-corrected chi connectivity index (χ1v) is 7.81. The van der Waals surface area contributed by atoms with Crippen LogP contribution in [0.4, 0.5) is 5.69 Å². The quantitative estimate of drug-likeness (QED) is 0.734. The highest BCUT2D eigenvalue weighted by molar-refractivity contribution is 6.08. The fourth-order valence-corrected chi connectivity index (χ4v) is 2.57. The summed E-state index contributed by atoms with van der Waals surface area (Å²) in [7, 11) is 0. The summed E-state index contributed by atoms with van der Waals surface area (Å²) >= 11 is 0. The molecule has 1 heterocycles. The van der Waals surface area contributed by atoms with E-state index in [1.807, 2.05) is 30.3 Å². The summed E-state index contributed by atoms with van der Waals surface area (Å²) in [5.74, 6) is 0.0127. The van der Waals surface area contributed by atoms with Gasteiger partial charge in [0.15, 0.2) is 0 Å². The number of benzene rings is 2. The third kappa shape index (κ3) is 3.95. The van der Waals surface area contributed by atoms with Gasteiger partial charge in [0.1, 0.15) is 11.5 Å². The van der Waals surface area contributed by atoms with Crippen molar-refractivity contribution in [3.8, 4) is 11.3 Å². The van der Waals surface area contributed by atoms with Crippen LogP contribution in [0.2, 0.25) is 0 Å². The highest BCUT2D eigenvalue weighted by Crippen LogP contribution is 2.27. The number of hydrogen-bond donors (Lipinski definition) is 2. The Hall–Kier alpha value is -3.34. The molecule has 1 aromatic heterocycles. The molecule has 3 aromatic rings. The van der Waals surface area contributed by atoms with E-state index < -0.39 is 5.97 Å². The van der Waals surface area contributed by atoms with Gasteiger partial charge in [-0.15, -0.1) is 0 Å². The first-order chi connectivity index (χ1) is 12.0. The lowest BCUT2D eigenvalue weighted by Crippen LogP contribution is -2.12. The highest BCUT2D eigenvalue weighted by atomic mass is 16.4. The molecule has 5 nitrogen and oxygen atoms in total. The number of anilines is 1.